The van der Waals surface area contributed by atoms with Crippen LogP contribution in [0.15, 0.2) is 28.8 Å². The van der Waals surface area contributed by atoms with Crippen molar-refractivity contribution in [2.24, 2.45) is 11.3 Å². The molecule has 0 saturated carbocycles. The molecule has 2 N–H and O–H groups in total. The molecule has 1 heterocycles. The van der Waals surface area contributed by atoms with Gasteiger partial charge in [-0.25, -0.2) is 0 Å². The lowest BCUT2D eigenvalue weighted by atomic mass is 9.72. The van der Waals surface area contributed by atoms with Crippen LogP contribution in [0.4, 0.5) is 5.69 Å². The lowest BCUT2D eigenvalue weighted by molar-refractivity contribution is -0.125. The van der Waals surface area contributed by atoms with E-state index in [1.807, 2.05) is 38.1 Å². The van der Waals surface area contributed by atoms with Crippen molar-refractivity contribution in [3.63, 3.8) is 0 Å². The second-order valence-corrected chi connectivity index (χ2v) is 7.73. The van der Waals surface area contributed by atoms with Gasteiger partial charge in [0.2, 0.25) is 11.8 Å². The molecule has 134 valence electrons. The summed E-state index contributed by atoms with van der Waals surface area (Å²) in [6.07, 6.45) is 0. The number of anilines is 1. The number of allylic oxidation sites excluding steroid dienone is 1. The first-order valence-corrected chi connectivity index (χ1v) is 9.04. The minimum absolute atomic E-state index is 0.0431. The number of amides is 2. The maximum atomic E-state index is 12.3. The summed E-state index contributed by atoms with van der Waals surface area (Å²) in [6, 6.07) is 9.82. The van der Waals surface area contributed by atoms with Crippen molar-refractivity contribution in [1.82, 2.24) is 5.32 Å². The number of rotatable bonds is 4. The third-order valence-electron chi connectivity index (χ3n) is 4.35. The van der Waals surface area contributed by atoms with Gasteiger partial charge in [0, 0.05) is 11.1 Å². The zero-order chi connectivity index (χ0) is 19.5. The average Bonchev–Trinajstić information content (AvgIpc) is 2.55. The summed E-state index contributed by atoms with van der Waals surface area (Å²) in [5.74, 6) is -1.58. The number of benzene rings is 1. The van der Waals surface area contributed by atoms with Crippen molar-refractivity contribution in [3.05, 3.63) is 39.9 Å². The van der Waals surface area contributed by atoms with Crippen LogP contribution in [-0.4, -0.2) is 17.6 Å². The number of nitrogens with zero attached hydrogens (tertiary/aromatic N) is 2. The highest BCUT2D eigenvalue weighted by Gasteiger charge is 2.44. The van der Waals surface area contributed by atoms with Gasteiger partial charge in [0.25, 0.3) is 0 Å². The molecule has 7 heteroatoms. The van der Waals surface area contributed by atoms with E-state index in [0.29, 0.717) is 10.6 Å². The van der Waals surface area contributed by atoms with Crippen LogP contribution in [0.25, 0.3) is 0 Å². The molecule has 0 aliphatic carbocycles. The summed E-state index contributed by atoms with van der Waals surface area (Å²) in [5.41, 5.74) is 2.14. The number of nitriles is 2. The van der Waals surface area contributed by atoms with Crippen LogP contribution >= 0.6 is 11.8 Å². The number of thioether (sulfide) groups is 1. The highest BCUT2D eigenvalue weighted by atomic mass is 32.2. The van der Waals surface area contributed by atoms with Crippen molar-refractivity contribution in [2.75, 3.05) is 11.1 Å². The van der Waals surface area contributed by atoms with Crippen LogP contribution < -0.4 is 10.6 Å². The van der Waals surface area contributed by atoms with Gasteiger partial charge in [0.15, 0.2) is 0 Å². The van der Waals surface area contributed by atoms with Crippen LogP contribution in [0.1, 0.15) is 25.0 Å². The van der Waals surface area contributed by atoms with Crippen LogP contribution in [0.2, 0.25) is 0 Å². The average molecular weight is 368 g/mol. The Kier molecular flexibility index (Phi) is 5.74. The molecule has 0 radical (unpaired) electrons. The lowest BCUT2D eigenvalue weighted by Gasteiger charge is -2.34. The zero-order valence-corrected chi connectivity index (χ0v) is 16.0. The number of hydrogen-bond donors (Lipinski definition) is 2. The number of carbonyl (C=O) groups is 2. The van der Waals surface area contributed by atoms with E-state index < -0.39 is 17.2 Å². The van der Waals surface area contributed by atoms with E-state index in [0.717, 1.165) is 28.6 Å². The topological polar surface area (TPSA) is 106 Å². The number of aryl methyl sites for hydroxylation is 2. The van der Waals surface area contributed by atoms with E-state index in [2.05, 4.69) is 16.7 Å². The fraction of sp³-hybridized carbons (Fsp3) is 0.368. The van der Waals surface area contributed by atoms with Crippen molar-refractivity contribution in [1.29, 1.82) is 10.5 Å². The Bertz CT molecular complexity index is 875. The number of hydrogen-bond acceptors (Lipinski definition) is 5. The van der Waals surface area contributed by atoms with Crippen LogP contribution in [0.5, 0.6) is 0 Å². The van der Waals surface area contributed by atoms with E-state index in [1.54, 1.807) is 13.8 Å². The minimum atomic E-state index is -0.940. The Hall–Kier alpha value is -2.77. The maximum absolute atomic E-state index is 12.3. The van der Waals surface area contributed by atoms with Gasteiger partial charge in [-0.2, -0.15) is 10.5 Å². The molecular weight excluding hydrogens is 348 g/mol. The second-order valence-electron chi connectivity index (χ2n) is 6.74. The van der Waals surface area contributed by atoms with Crippen molar-refractivity contribution < 1.29 is 9.59 Å². The van der Waals surface area contributed by atoms with E-state index in [4.69, 9.17) is 0 Å². The van der Waals surface area contributed by atoms with Gasteiger partial charge in [-0.3, -0.25) is 9.59 Å². The Morgan fingerprint density at radius 1 is 1.35 bits per heavy atom. The SMILES string of the molecule is Cc1ccc(C)c(NC(=O)CSC2=C(C#N)C(C)(C)[C@H](C#N)C(=O)N2)c1. The van der Waals surface area contributed by atoms with Gasteiger partial charge in [-0.1, -0.05) is 37.7 Å². The molecule has 2 amide bonds. The van der Waals surface area contributed by atoms with Gasteiger partial charge in [0.05, 0.1) is 28.5 Å². The van der Waals surface area contributed by atoms with Gasteiger partial charge >= 0.3 is 0 Å². The lowest BCUT2D eigenvalue weighted by Crippen LogP contribution is -2.44. The number of nitrogens with one attached hydrogen (secondary N) is 2. The first kappa shape index (κ1) is 19.6. The summed E-state index contributed by atoms with van der Waals surface area (Å²) in [5, 5.41) is 24.5. The third kappa shape index (κ3) is 3.89. The molecule has 1 atom stereocenters. The maximum Gasteiger partial charge on any atom is 0.243 e. The van der Waals surface area contributed by atoms with Gasteiger partial charge in [-0.05, 0) is 31.0 Å². The molecule has 26 heavy (non-hydrogen) atoms. The van der Waals surface area contributed by atoms with Crippen LogP contribution in [-0.2, 0) is 9.59 Å². The van der Waals surface area contributed by atoms with E-state index >= 15 is 0 Å². The quantitative estimate of drug-likeness (QED) is 0.850. The van der Waals surface area contributed by atoms with Gasteiger partial charge < -0.3 is 10.6 Å². The molecule has 2 rings (SSSR count). The first-order valence-electron chi connectivity index (χ1n) is 8.06. The molecule has 1 aromatic rings. The van der Waals surface area contributed by atoms with Crippen molar-refractivity contribution >= 4 is 29.3 Å². The molecule has 1 aromatic carbocycles. The molecule has 0 bridgehead atoms. The largest absolute Gasteiger partial charge is 0.325 e. The molecule has 0 fully saturated rings. The normalized spacial score (nSPS) is 18.5. The first-order chi connectivity index (χ1) is 12.2. The molecule has 0 unspecified atom stereocenters. The number of carbonyl (C=O) groups excluding carboxylic acids is 2. The fourth-order valence-corrected chi connectivity index (χ4v) is 3.70. The zero-order valence-electron chi connectivity index (χ0n) is 15.1. The summed E-state index contributed by atoms with van der Waals surface area (Å²) in [6.45, 7) is 7.23. The molecule has 0 saturated heterocycles. The van der Waals surface area contributed by atoms with Crippen LogP contribution in [0.3, 0.4) is 0 Å². The van der Waals surface area contributed by atoms with E-state index in [9.17, 15) is 20.1 Å². The van der Waals surface area contributed by atoms with E-state index in [-0.39, 0.29) is 11.7 Å². The molecule has 6 nitrogen and oxygen atoms in total. The standard InChI is InChI=1S/C19H20N4O2S/c1-11-5-6-12(2)15(7-11)22-16(24)10-26-18-14(9-21)19(3,4)13(8-20)17(25)23-18/h5-7,13H,10H2,1-4H3,(H,22,24)(H,23,25)/t13-/m1/s1. The predicted molar refractivity (Wildman–Crippen MR) is 101 cm³/mol. The van der Waals surface area contributed by atoms with Gasteiger partial charge in [0.1, 0.15) is 5.92 Å². The Morgan fingerprint density at radius 3 is 2.65 bits per heavy atom. The molecule has 1 aliphatic rings. The van der Waals surface area contributed by atoms with Crippen molar-refractivity contribution in [3.8, 4) is 12.1 Å². The second kappa shape index (κ2) is 7.63. The molecular formula is C19H20N4O2S. The Labute approximate surface area is 157 Å². The highest BCUT2D eigenvalue weighted by molar-refractivity contribution is 8.03. The summed E-state index contributed by atoms with van der Waals surface area (Å²) >= 11 is 1.09. The van der Waals surface area contributed by atoms with Gasteiger partial charge in [-0.15, -0.1) is 0 Å². The summed E-state index contributed by atoms with van der Waals surface area (Å²) < 4.78 is 0. The highest BCUT2D eigenvalue weighted by Crippen LogP contribution is 2.41. The minimum Gasteiger partial charge on any atom is -0.325 e. The fourth-order valence-electron chi connectivity index (χ4n) is 2.73. The van der Waals surface area contributed by atoms with Crippen LogP contribution in [0, 0.1) is 47.8 Å². The molecule has 0 aromatic heterocycles. The Balaban J connectivity index is 2.15. The summed E-state index contributed by atoms with van der Waals surface area (Å²) in [4.78, 5) is 24.4. The third-order valence-corrected chi connectivity index (χ3v) is 5.35. The monoisotopic (exact) mass is 368 g/mol. The predicted octanol–water partition coefficient (Wildman–Crippen LogP) is 3.01. The molecule has 0 spiro atoms. The summed E-state index contributed by atoms with van der Waals surface area (Å²) in [7, 11) is 0. The smallest absolute Gasteiger partial charge is 0.243 e. The molecule has 1 aliphatic heterocycles. The Morgan fingerprint density at radius 2 is 2.04 bits per heavy atom. The van der Waals surface area contributed by atoms with Crippen molar-refractivity contribution in [2.45, 2.75) is 27.7 Å². The van der Waals surface area contributed by atoms with E-state index in [1.165, 1.54) is 0 Å².